The molecule has 2 heterocycles. The molecule has 18 heavy (non-hydrogen) atoms. The van der Waals surface area contributed by atoms with Gasteiger partial charge in [-0.1, -0.05) is 6.92 Å². The molecule has 0 aromatic carbocycles. The smallest absolute Gasteiger partial charge is 0.234 e. The Morgan fingerprint density at radius 2 is 2.22 bits per heavy atom. The summed E-state index contributed by atoms with van der Waals surface area (Å²) in [6.07, 6.45) is 6.19. The van der Waals surface area contributed by atoms with Gasteiger partial charge in [0, 0.05) is 19.6 Å². The zero-order valence-electron chi connectivity index (χ0n) is 11.6. The van der Waals surface area contributed by atoms with Crippen LogP contribution in [0.5, 0.6) is 0 Å². The number of nitrogens with one attached hydrogen (secondary N) is 2. The molecule has 0 aromatic heterocycles. The molecule has 2 aliphatic rings. The Morgan fingerprint density at radius 1 is 1.39 bits per heavy atom. The fraction of sp³-hybridized carbons (Fsp3) is 0.929. The van der Waals surface area contributed by atoms with Gasteiger partial charge in [0.2, 0.25) is 5.91 Å². The first-order valence-corrected chi connectivity index (χ1v) is 7.44. The van der Waals surface area contributed by atoms with Crippen LogP contribution in [0.25, 0.3) is 0 Å². The van der Waals surface area contributed by atoms with E-state index in [0.717, 1.165) is 32.6 Å². The maximum absolute atomic E-state index is 11.8. The lowest BCUT2D eigenvalue weighted by Gasteiger charge is -2.45. The number of rotatable bonds is 4. The Hall–Kier alpha value is -0.610. The van der Waals surface area contributed by atoms with E-state index in [1.807, 2.05) is 0 Å². The fourth-order valence-electron chi connectivity index (χ4n) is 3.35. The van der Waals surface area contributed by atoms with Crippen molar-refractivity contribution in [2.24, 2.45) is 5.41 Å². The van der Waals surface area contributed by atoms with Crippen molar-refractivity contribution in [3.05, 3.63) is 0 Å². The molecule has 4 nitrogen and oxygen atoms in total. The molecule has 2 saturated heterocycles. The maximum Gasteiger partial charge on any atom is 0.234 e. The van der Waals surface area contributed by atoms with E-state index in [2.05, 4.69) is 22.5 Å². The average molecular weight is 253 g/mol. The van der Waals surface area contributed by atoms with Crippen molar-refractivity contribution in [3.8, 4) is 0 Å². The highest BCUT2D eigenvalue weighted by Crippen LogP contribution is 2.35. The summed E-state index contributed by atoms with van der Waals surface area (Å²) >= 11 is 0. The SMILES string of the molecule is CCCNC(=O)CN1CCCC2(CCCNC2)C1. The summed E-state index contributed by atoms with van der Waals surface area (Å²) in [5, 5.41) is 6.50. The van der Waals surface area contributed by atoms with Gasteiger partial charge >= 0.3 is 0 Å². The summed E-state index contributed by atoms with van der Waals surface area (Å²) in [5.74, 6) is 0.192. The van der Waals surface area contributed by atoms with Gasteiger partial charge in [0.1, 0.15) is 0 Å². The third-order valence-corrected chi connectivity index (χ3v) is 4.24. The summed E-state index contributed by atoms with van der Waals surface area (Å²) < 4.78 is 0. The molecule has 0 aliphatic carbocycles. The lowest BCUT2D eigenvalue weighted by molar-refractivity contribution is -0.123. The number of nitrogens with zero attached hydrogens (tertiary/aromatic N) is 1. The highest BCUT2D eigenvalue weighted by atomic mass is 16.2. The van der Waals surface area contributed by atoms with E-state index in [1.54, 1.807) is 0 Å². The molecule has 2 fully saturated rings. The molecule has 1 unspecified atom stereocenters. The van der Waals surface area contributed by atoms with E-state index in [-0.39, 0.29) is 5.91 Å². The van der Waals surface area contributed by atoms with Crippen LogP contribution in [-0.2, 0) is 4.79 Å². The summed E-state index contributed by atoms with van der Waals surface area (Å²) in [4.78, 5) is 14.1. The maximum atomic E-state index is 11.8. The van der Waals surface area contributed by atoms with E-state index in [4.69, 9.17) is 0 Å². The van der Waals surface area contributed by atoms with Crippen molar-refractivity contribution in [2.45, 2.75) is 39.0 Å². The normalized spacial score (nSPS) is 29.4. The van der Waals surface area contributed by atoms with Gasteiger partial charge in [-0.15, -0.1) is 0 Å². The van der Waals surface area contributed by atoms with E-state index in [9.17, 15) is 4.79 Å². The Labute approximate surface area is 110 Å². The van der Waals surface area contributed by atoms with E-state index >= 15 is 0 Å². The van der Waals surface area contributed by atoms with Gasteiger partial charge in [-0.25, -0.2) is 0 Å². The quantitative estimate of drug-likeness (QED) is 0.785. The third kappa shape index (κ3) is 3.69. The lowest BCUT2D eigenvalue weighted by atomic mass is 9.74. The minimum absolute atomic E-state index is 0.192. The van der Waals surface area contributed by atoms with Crippen LogP contribution in [0.1, 0.15) is 39.0 Å². The van der Waals surface area contributed by atoms with Gasteiger partial charge in [-0.05, 0) is 50.6 Å². The molecule has 0 bridgehead atoms. The molecule has 0 aromatic rings. The Kier molecular flexibility index (Phi) is 5.01. The molecule has 4 heteroatoms. The minimum atomic E-state index is 0.192. The van der Waals surface area contributed by atoms with Crippen LogP contribution in [0.15, 0.2) is 0 Å². The summed E-state index contributed by atoms with van der Waals surface area (Å²) in [7, 11) is 0. The van der Waals surface area contributed by atoms with Gasteiger partial charge in [-0.3, -0.25) is 9.69 Å². The standard InChI is InChI=1S/C14H27N3O/c1-2-7-16-13(18)10-17-9-4-6-14(12-17)5-3-8-15-11-14/h15H,2-12H2,1H3,(H,16,18). The second-order valence-corrected chi connectivity index (χ2v) is 5.94. The topological polar surface area (TPSA) is 44.4 Å². The predicted octanol–water partition coefficient (Wildman–Crippen LogP) is 0.978. The highest BCUT2D eigenvalue weighted by Gasteiger charge is 2.36. The van der Waals surface area contributed by atoms with Crippen molar-refractivity contribution in [3.63, 3.8) is 0 Å². The van der Waals surface area contributed by atoms with Crippen molar-refractivity contribution in [2.75, 3.05) is 39.3 Å². The van der Waals surface area contributed by atoms with Crippen LogP contribution in [0.2, 0.25) is 0 Å². The Balaban J connectivity index is 1.80. The Morgan fingerprint density at radius 3 is 2.94 bits per heavy atom. The molecule has 2 rings (SSSR count). The number of hydrogen-bond acceptors (Lipinski definition) is 3. The summed E-state index contributed by atoms with van der Waals surface area (Å²) in [5.41, 5.74) is 0.446. The van der Waals surface area contributed by atoms with Gasteiger partial charge in [-0.2, -0.15) is 0 Å². The molecule has 104 valence electrons. The molecule has 1 amide bonds. The largest absolute Gasteiger partial charge is 0.355 e. The average Bonchev–Trinajstić information content (AvgIpc) is 2.37. The number of piperidine rings is 2. The van der Waals surface area contributed by atoms with Gasteiger partial charge in [0.15, 0.2) is 0 Å². The Bertz CT molecular complexity index is 269. The molecule has 0 saturated carbocycles. The molecule has 2 aliphatic heterocycles. The summed E-state index contributed by atoms with van der Waals surface area (Å²) in [6, 6.07) is 0. The van der Waals surface area contributed by atoms with Crippen molar-refractivity contribution >= 4 is 5.91 Å². The number of likely N-dealkylation sites (tertiary alicyclic amines) is 1. The zero-order chi connectivity index (χ0) is 12.8. The van der Waals surface area contributed by atoms with Gasteiger partial charge in [0.05, 0.1) is 6.54 Å². The molecule has 2 N–H and O–H groups in total. The van der Waals surface area contributed by atoms with Gasteiger partial charge < -0.3 is 10.6 Å². The van der Waals surface area contributed by atoms with Crippen LogP contribution in [0.4, 0.5) is 0 Å². The van der Waals surface area contributed by atoms with E-state index in [0.29, 0.717) is 12.0 Å². The first-order valence-electron chi connectivity index (χ1n) is 7.44. The van der Waals surface area contributed by atoms with Crippen LogP contribution in [-0.4, -0.2) is 50.1 Å². The van der Waals surface area contributed by atoms with Crippen molar-refractivity contribution in [1.82, 2.24) is 15.5 Å². The lowest BCUT2D eigenvalue weighted by Crippen LogP contribution is -2.52. The monoisotopic (exact) mass is 253 g/mol. The second-order valence-electron chi connectivity index (χ2n) is 5.94. The van der Waals surface area contributed by atoms with E-state index in [1.165, 1.54) is 32.2 Å². The fourth-order valence-corrected chi connectivity index (χ4v) is 3.35. The molecule has 0 radical (unpaired) electrons. The number of carbonyl (C=O) groups excluding carboxylic acids is 1. The van der Waals surface area contributed by atoms with Gasteiger partial charge in [0.25, 0.3) is 0 Å². The van der Waals surface area contributed by atoms with Crippen LogP contribution in [0.3, 0.4) is 0 Å². The summed E-state index contributed by atoms with van der Waals surface area (Å²) in [6.45, 7) is 7.96. The number of carbonyl (C=O) groups is 1. The first-order chi connectivity index (χ1) is 8.74. The highest BCUT2D eigenvalue weighted by molar-refractivity contribution is 5.77. The first kappa shape index (κ1) is 13.8. The predicted molar refractivity (Wildman–Crippen MR) is 73.5 cm³/mol. The van der Waals surface area contributed by atoms with Crippen LogP contribution < -0.4 is 10.6 Å². The minimum Gasteiger partial charge on any atom is -0.355 e. The van der Waals surface area contributed by atoms with Crippen molar-refractivity contribution < 1.29 is 4.79 Å². The molecule has 1 atom stereocenters. The third-order valence-electron chi connectivity index (χ3n) is 4.24. The zero-order valence-corrected chi connectivity index (χ0v) is 11.6. The second kappa shape index (κ2) is 6.53. The molecular weight excluding hydrogens is 226 g/mol. The van der Waals surface area contributed by atoms with Crippen molar-refractivity contribution in [1.29, 1.82) is 0 Å². The molecular formula is C14H27N3O. The van der Waals surface area contributed by atoms with E-state index < -0.39 is 0 Å². The van der Waals surface area contributed by atoms with Crippen LogP contribution in [0, 0.1) is 5.41 Å². The number of hydrogen-bond donors (Lipinski definition) is 2. The number of amides is 1. The van der Waals surface area contributed by atoms with Crippen LogP contribution >= 0.6 is 0 Å². The molecule has 1 spiro atoms.